The highest BCUT2D eigenvalue weighted by Gasteiger charge is 2.42. The summed E-state index contributed by atoms with van der Waals surface area (Å²) in [6.07, 6.45) is 6.60. The number of aromatic nitrogens is 2. The van der Waals surface area contributed by atoms with Crippen LogP contribution in [0.15, 0.2) is 18.5 Å². The van der Waals surface area contributed by atoms with Gasteiger partial charge in [-0.1, -0.05) is 29.6 Å². The number of halogens is 2. The number of rotatable bonds is 5. The molecule has 138 valence electrons. The highest BCUT2D eigenvalue weighted by Crippen LogP contribution is 2.49. The van der Waals surface area contributed by atoms with E-state index in [0.29, 0.717) is 32.7 Å². The maximum atomic E-state index is 12.3. The van der Waals surface area contributed by atoms with Crippen LogP contribution in [-0.2, 0) is 4.79 Å². The van der Waals surface area contributed by atoms with E-state index < -0.39 is 0 Å². The molecule has 1 aromatic carbocycles. The van der Waals surface area contributed by atoms with Crippen LogP contribution in [0.2, 0.25) is 10.0 Å². The normalized spacial score (nSPS) is 25.4. The number of carbonyl (C=O) groups is 1. The van der Waals surface area contributed by atoms with Crippen molar-refractivity contribution in [2.75, 3.05) is 6.61 Å². The Morgan fingerprint density at radius 1 is 1.31 bits per heavy atom. The minimum atomic E-state index is -0.139. The van der Waals surface area contributed by atoms with Crippen LogP contribution in [0, 0.1) is 17.8 Å². The third-order valence-corrected chi connectivity index (χ3v) is 6.29. The van der Waals surface area contributed by atoms with E-state index in [2.05, 4.69) is 22.2 Å². The van der Waals surface area contributed by atoms with Gasteiger partial charge in [-0.05, 0) is 56.1 Å². The van der Waals surface area contributed by atoms with Crippen molar-refractivity contribution in [3.8, 4) is 5.88 Å². The number of hydrogen-bond donors (Lipinski definition) is 1. The van der Waals surface area contributed by atoms with Crippen molar-refractivity contribution in [2.45, 2.75) is 38.6 Å². The number of benzene rings is 1. The van der Waals surface area contributed by atoms with E-state index in [1.165, 1.54) is 32.0 Å². The Kier molecular flexibility index (Phi) is 4.93. The molecule has 0 aliphatic heterocycles. The topological polar surface area (TPSA) is 64.1 Å². The predicted molar refractivity (Wildman–Crippen MR) is 102 cm³/mol. The summed E-state index contributed by atoms with van der Waals surface area (Å²) in [4.78, 5) is 20.6. The molecule has 1 N–H and O–H groups in total. The Hall–Kier alpha value is -1.59. The third-order valence-electron chi connectivity index (χ3n) is 5.78. The van der Waals surface area contributed by atoms with E-state index in [-0.39, 0.29) is 18.6 Å². The molecule has 26 heavy (non-hydrogen) atoms. The number of fused-ring (bicyclic) bond motifs is 3. The molecule has 2 fully saturated rings. The first-order chi connectivity index (χ1) is 12.5. The van der Waals surface area contributed by atoms with Crippen LogP contribution >= 0.6 is 23.2 Å². The lowest BCUT2D eigenvalue weighted by atomic mass is 9.84. The maximum Gasteiger partial charge on any atom is 0.258 e. The van der Waals surface area contributed by atoms with Crippen molar-refractivity contribution in [3.63, 3.8) is 0 Å². The van der Waals surface area contributed by atoms with Crippen LogP contribution < -0.4 is 10.1 Å². The van der Waals surface area contributed by atoms with E-state index in [1.54, 1.807) is 12.1 Å². The summed E-state index contributed by atoms with van der Waals surface area (Å²) in [5, 5.41) is 4.58. The first kappa shape index (κ1) is 17.8. The maximum absolute atomic E-state index is 12.3. The van der Waals surface area contributed by atoms with E-state index in [0.717, 1.165) is 11.8 Å². The molecule has 2 aromatic rings. The molecule has 0 unspecified atom stereocenters. The summed E-state index contributed by atoms with van der Waals surface area (Å²) in [6.45, 7) is 2.00. The SMILES string of the molecule is C[C@@H](NC(=O)COc1ncnc2c(Cl)cc(Cl)cc12)[C@@H]1C[C@@H]2CC[C@@H]1C2. The molecule has 1 aromatic heterocycles. The van der Waals surface area contributed by atoms with Gasteiger partial charge in [0.15, 0.2) is 6.61 Å². The number of ether oxygens (including phenoxy) is 1. The second-order valence-electron chi connectivity index (χ2n) is 7.45. The summed E-state index contributed by atoms with van der Waals surface area (Å²) in [5.41, 5.74) is 0.553. The van der Waals surface area contributed by atoms with Gasteiger partial charge >= 0.3 is 0 Å². The van der Waals surface area contributed by atoms with Crippen LogP contribution in [0.1, 0.15) is 32.6 Å². The number of nitrogens with one attached hydrogen (secondary N) is 1. The molecule has 1 amide bonds. The van der Waals surface area contributed by atoms with Crippen LogP contribution in [0.3, 0.4) is 0 Å². The molecule has 4 rings (SSSR count). The zero-order chi connectivity index (χ0) is 18.3. The Labute approximate surface area is 162 Å². The Morgan fingerprint density at radius 3 is 2.88 bits per heavy atom. The average molecular weight is 394 g/mol. The van der Waals surface area contributed by atoms with Gasteiger partial charge in [-0.2, -0.15) is 0 Å². The fourth-order valence-corrected chi connectivity index (χ4v) is 5.17. The predicted octanol–water partition coefficient (Wildman–Crippen LogP) is 4.26. The van der Waals surface area contributed by atoms with Crippen molar-refractivity contribution in [2.24, 2.45) is 17.8 Å². The van der Waals surface area contributed by atoms with Crippen LogP contribution in [-0.4, -0.2) is 28.5 Å². The zero-order valence-electron chi connectivity index (χ0n) is 14.5. The lowest BCUT2D eigenvalue weighted by Gasteiger charge is -2.28. The smallest absolute Gasteiger partial charge is 0.258 e. The lowest BCUT2D eigenvalue weighted by Crippen LogP contribution is -2.42. The molecule has 2 saturated carbocycles. The average Bonchev–Trinajstić information content (AvgIpc) is 3.23. The fraction of sp³-hybridized carbons (Fsp3) is 0.526. The molecule has 2 aliphatic carbocycles. The van der Waals surface area contributed by atoms with Gasteiger partial charge in [-0.3, -0.25) is 4.79 Å². The molecule has 4 atom stereocenters. The Bertz CT molecular complexity index is 845. The zero-order valence-corrected chi connectivity index (χ0v) is 16.1. The van der Waals surface area contributed by atoms with Crippen molar-refractivity contribution < 1.29 is 9.53 Å². The summed E-state index contributed by atoms with van der Waals surface area (Å²) < 4.78 is 5.64. The van der Waals surface area contributed by atoms with E-state index >= 15 is 0 Å². The standard InChI is InChI=1S/C19H21Cl2N3O2/c1-10(14-5-11-2-3-12(14)4-11)24-17(25)8-26-19-15-6-13(20)7-16(21)18(15)22-9-23-19/h6-7,9-12,14H,2-5,8H2,1H3,(H,24,25)/t10-,11-,12-,14+/m1/s1. The van der Waals surface area contributed by atoms with Crippen LogP contribution in [0.25, 0.3) is 10.9 Å². The van der Waals surface area contributed by atoms with Gasteiger partial charge in [0.25, 0.3) is 5.91 Å². The van der Waals surface area contributed by atoms with Gasteiger partial charge < -0.3 is 10.1 Å². The molecule has 7 heteroatoms. The van der Waals surface area contributed by atoms with Gasteiger partial charge in [0.1, 0.15) is 6.33 Å². The third kappa shape index (κ3) is 3.47. The Balaban J connectivity index is 1.39. The summed E-state index contributed by atoms with van der Waals surface area (Å²) >= 11 is 12.2. The second kappa shape index (κ2) is 7.20. The quantitative estimate of drug-likeness (QED) is 0.823. The highest BCUT2D eigenvalue weighted by atomic mass is 35.5. The molecule has 0 radical (unpaired) electrons. The molecule has 0 spiro atoms. The van der Waals surface area contributed by atoms with Gasteiger partial charge in [0.05, 0.1) is 15.9 Å². The molecule has 2 aliphatic rings. The van der Waals surface area contributed by atoms with Crippen molar-refractivity contribution in [3.05, 3.63) is 28.5 Å². The van der Waals surface area contributed by atoms with Crippen molar-refractivity contribution in [1.82, 2.24) is 15.3 Å². The van der Waals surface area contributed by atoms with E-state index in [4.69, 9.17) is 27.9 Å². The van der Waals surface area contributed by atoms with Gasteiger partial charge in [0, 0.05) is 11.1 Å². The highest BCUT2D eigenvalue weighted by molar-refractivity contribution is 6.38. The fourth-order valence-electron chi connectivity index (χ4n) is 4.63. The number of carbonyl (C=O) groups excluding carboxylic acids is 1. The molecular weight excluding hydrogens is 373 g/mol. The first-order valence-corrected chi connectivity index (χ1v) is 9.78. The van der Waals surface area contributed by atoms with E-state index in [1.807, 2.05) is 0 Å². The van der Waals surface area contributed by atoms with Gasteiger partial charge in [-0.15, -0.1) is 0 Å². The number of nitrogens with zero attached hydrogens (tertiary/aromatic N) is 2. The van der Waals surface area contributed by atoms with E-state index in [9.17, 15) is 4.79 Å². The van der Waals surface area contributed by atoms with Crippen molar-refractivity contribution >= 4 is 40.0 Å². The molecular formula is C19H21Cl2N3O2. The minimum Gasteiger partial charge on any atom is -0.467 e. The molecule has 1 heterocycles. The monoisotopic (exact) mass is 393 g/mol. The molecule has 2 bridgehead atoms. The van der Waals surface area contributed by atoms with Crippen molar-refractivity contribution in [1.29, 1.82) is 0 Å². The summed E-state index contributed by atoms with van der Waals surface area (Å²) in [5.74, 6) is 2.39. The van der Waals surface area contributed by atoms with Crippen LogP contribution in [0.5, 0.6) is 5.88 Å². The van der Waals surface area contributed by atoms with Gasteiger partial charge in [0.2, 0.25) is 5.88 Å². The first-order valence-electron chi connectivity index (χ1n) is 9.03. The second-order valence-corrected chi connectivity index (χ2v) is 8.29. The number of hydrogen-bond acceptors (Lipinski definition) is 4. The summed E-state index contributed by atoms with van der Waals surface area (Å²) in [6, 6.07) is 3.48. The van der Waals surface area contributed by atoms with Gasteiger partial charge in [-0.25, -0.2) is 9.97 Å². The van der Waals surface area contributed by atoms with Crippen LogP contribution in [0.4, 0.5) is 0 Å². The molecule has 5 nitrogen and oxygen atoms in total. The summed E-state index contributed by atoms with van der Waals surface area (Å²) in [7, 11) is 0. The lowest BCUT2D eigenvalue weighted by molar-refractivity contribution is -0.124. The largest absolute Gasteiger partial charge is 0.467 e. The number of amides is 1. The minimum absolute atomic E-state index is 0.0958. The Morgan fingerprint density at radius 2 is 2.15 bits per heavy atom. The molecule has 0 saturated heterocycles.